The van der Waals surface area contributed by atoms with Crippen LogP contribution in [0.5, 0.6) is 11.5 Å². The Balaban J connectivity index is 2.96. The third-order valence-electron chi connectivity index (χ3n) is 2.80. The molecule has 0 aliphatic heterocycles. The van der Waals surface area contributed by atoms with Crippen LogP contribution in [0.25, 0.3) is 0 Å². The zero-order valence-corrected chi connectivity index (χ0v) is 10.6. The minimum atomic E-state index is -0.553. The first kappa shape index (κ1) is 13.8. The van der Waals surface area contributed by atoms with E-state index in [2.05, 4.69) is 0 Å². The Morgan fingerprint density at radius 3 is 2.53 bits per heavy atom. The van der Waals surface area contributed by atoms with Crippen molar-refractivity contribution in [1.29, 1.82) is 0 Å². The van der Waals surface area contributed by atoms with E-state index in [4.69, 9.17) is 15.2 Å². The van der Waals surface area contributed by atoms with Crippen LogP contribution >= 0.6 is 0 Å². The molecule has 17 heavy (non-hydrogen) atoms. The molecule has 0 aliphatic rings. The summed E-state index contributed by atoms with van der Waals surface area (Å²) in [6, 6.07) is 4.99. The maximum atomic E-state index is 9.91. The Kier molecular flexibility index (Phi) is 5.25. The number of aliphatic hydroxyl groups excluding tert-OH is 1. The number of ether oxygens (including phenoxy) is 2. The summed E-state index contributed by atoms with van der Waals surface area (Å²) < 4.78 is 10.4. The first-order valence-corrected chi connectivity index (χ1v) is 5.79. The predicted molar refractivity (Wildman–Crippen MR) is 67.4 cm³/mol. The molecule has 0 saturated carbocycles. The molecule has 4 heteroatoms. The summed E-state index contributed by atoms with van der Waals surface area (Å²) >= 11 is 0. The van der Waals surface area contributed by atoms with Crippen molar-refractivity contribution in [1.82, 2.24) is 0 Å². The van der Waals surface area contributed by atoms with E-state index < -0.39 is 12.1 Å². The molecular weight excluding hydrogens is 218 g/mol. The molecule has 96 valence electrons. The van der Waals surface area contributed by atoms with Gasteiger partial charge in [0.15, 0.2) is 0 Å². The van der Waals surface area contributed by atoms with E-state index in [1.807, 2.05) is 19.1 Å². The van der Waals surface area contributed by atoms with Gasteiger partial charge in [-0.25, -0.2) is 0 Å². The summed E-state index contributed by atoms with van der Waals surface area (Å²) in [7, 11) is 3.18. The lowest BCUT2D eigenvalue weighted by molar-refractivity contribution is 0.133. The average Bonchev–Trinajstić information content (AvgIpc) is 2.37. The Labute approximate surface area is 102 Å². The minimum Gasteiger partial charge on any atom is -0.497 e. The highest BCUT2D eigenvalue weighted by Crippen LogP contribution is 2.30. The fourth-order valence-electron chi connectivity index (χ4n) is 1.78. The van der Waals surface area contributed by atoms with Crippen LogP contribution in [-0.4, -0.2) is 25.4 Å². The summed E-state index contributed by atoms with van der Waals surface area (Å²) in [5, 5.41) is 9.91. The fourth-order valence-corrected chi connectivity index (χ4v) is 1.78. The summed E-state index contributed by atoms with van der Waals surface area (Å²) in [4.78, 5) is 0. The second kappa shape index (κ2) is 6.47. The number of benzene rings is 1. The summed E-state index contributed by atoms with van der Waals surface area (Å²) in [6.07, 6.45) is 1.02. The first-order valence-electron chi connectivity index (χ1n) is 5.79. The van der Waals surface area contributed by atoms with Crippen LogP contribution in [0.4, 0.5) is 0 Å². The van der Waals surface area contributed by atoms with Crippen molar-refractivity contribution < 1.29 is 14.6 Å². The van der Waals surface area contributed by atoms with E-state index in [-0.39, 0.29) is 0 Å². The molecule has 0 fully saturated rings. The van der Waals surface area contributed by atoms with Crippen molar-refractivity contribution >= 4 is 0 Å². The maximum Gasteiger partial charge on any atom is 0.127 e. The summed E-state index contributed by atoms with van der Waals surface area (Å²) in [5.74, 6) is 1.36. The van der Waals surface area contributed by atoms with Gasteiger partial charge in [0, 0.05) is 11.6 Å². The molecule has 0 aromatic heterocycles. The van der Waals surface area contributed by atoms with Crippen molar-refractivity contribution in [2.24, 2.45) is 5.73 Å². The second-order valence-corrected chi connectivity index (χ2v) is 3.99. The molecule has 4 nitrogen and oxygen atoms in total. The number of hydrogen-bond acceptors (Lipinski definition) is 4. The maximum absolute atomic E-state index is 9.91. The van der Waals surface area contributed by atoms with Gasteiger partial charge in [0.25, 0.3) is 0 Å². The molecule has 0 heterocycles. The van der Waals surface area contributed by atoms with E-state index >= 15 is 0 Å². The van der Waals surface area contributed by atoms with Gasteiger partial charge in [-0.1, -0.05) is 13.3 Å². The molecule has 1 aromatic rings. The van der Waals surface area contributed by atoms with Gasteiger partial charge in [-0.05, 0) is 18.6 Å². The molecule has 0 unspecified atom stereocenters. The van der Waals surface area contributed by atoms with Crippen LogP contribution in [0.1, 0.15) is 31.4 Å². The van der Waals surface area contributed by atoms with Gasteiger partial charge in [-0.3, -0.25) is 0 Å². The molecule has 0 amide bonds. The number of aliphatic hydroxyl groups is 1. The van der Waals surface area contributed by atoms with Gasteiger partial charge in [-0.15, -0.1) is 0 Å². The van der Waals surface area contributed by atoms with E-state index in [1.54, 1.807) is 20.3 Å². The number of hydrogen-bond donors (Lipinski definition) is 2. The second-order valence-electron chi connectivity index (χ2n) is 3.99. The van der Waals surface area contributed by atoms with Crippen LogP contribution < -0.4 is 15.2 Å². The number of rotatable bonds is 6. The minimum absolute atomic E-state index is 0.434. The SMILES string of the molecule is CCC[C@H](O)[C@H](N)c1ccc(OC)cc1OC. The van der Waals surface area contributed by atoms with E-state index in [9.17, 15) is 5.11 Å². The molecule has 2 atom stereocenters. The monoisotopic (exact) mass is 239 g/mol. The van der Waals surface area contributed by atoms with Gasteiger partial charge in [0.05, 0.1) is 26.4 Å². The van der Waals surface area contributed by atoms with Gasteiger partial charge in [-0.2, -0.15) is 0 Å². The Bertz CT molecular complexity index is 355. The lowest BCUT2D eigenvalue weighted by Crippen LogP contribution is -2.26. The van der Waals surface area contributed by atoms with Crippen molar-refractivity contribution in [2.75, 3.05) is 14.2 Å². The Morgan fingerprint density at radius 1 is 1.29 bits per heavy atom. The predicted octanol–water partition coefficient (Wildman–Crippen LogP) is 1.86. The number of nitrogens with two attached hydrogens (primary N) is 1. The third-order valence-corrected chi connectivity index (χ3v) is 2.80. The molecule has 0 saturated heterocycles. The highest BCUT2D eigenvalue weighted by Gasteiger charge is 2.19. The fraction of sp³-hybridized carbons (Fsp3) is 0.538. The molecule has 3 N–H and O–H groups in total. The molecule has 1 rings (SSSR count). The van der Waals surface area contributed by atoms with Crippen LogP contribution in [0.3, 0.4) is 0 Å². The Hall–Kier alpha value is -1.26. The lowest BCUT2D eigenvalue weighted by atomic mass is 9.98. The zero-order valence-electron chi connectivity index (χ0n) is 10.6. The standard InChI is InChI=1S/C13H21NO3/c1-4-5-11(15)13(14)10-7-6-9(16-2)8-12(10)17-3/h6-8,11,13,15H,4-5,14H2,1-3H3/t11-,13+/m0/s1. The molecule has 0 aliphatic carbocycles. The van der Waals surface area contributed by atoms with Crippen LogP contribution in [0, 0.1) is 0 Å². The molecule has 0 spiro atoms. The molecule has 0 bridgehead atoms. The van der Waals surface area contributed by atoms with Crippen LogP contribution in [0.2, 0.25) is 0 Å². The summed E-state index contributed by atoms with van der Waals surface area (Å²) in [5.41, 5.74) is 6.82. The van der Waals surface area contributed by atoms with E-state index in [1.165, 1.54) is 0 Å². The van der Waals surface area contributed by atoms with Crippen LogP contribution in [0.15, 0.2) is 18.2 Å². The van der Waals surface area contributed by atoms with Crippen molar-refractivity contribution in [3.8, 4) is 11.5 Å². The number of methoxy groups -OCH3 is 2. The molecule has 0 radical (unpaired) electrons. The van der Waals surface area contributed by atoms with Gasteiger partial charge in [0.1, 0.15) is 11.5 Å². The van der Waals surface area contributed by atoms with Gasteiger partial charge >= 0.3 is 0 Å². The third kappa shape index (κ3) is 3.35. The molecular formula is C13H21NO3. The quantitative estimate of drug-likeness (QED) is 0.795. The Morgan fingerprint density at radius 2 is 2.00 bits per heavy atom. The van der Waals surface area contributed by atoms with Crippen molar-refractivity contribution in [3.05, 3.63) is 23.8 Å². The summed E-state index contributed by atoms with van der Waals surface area (Å²) in [6.45, 7) is 2.02. The largest absolute Gasteiger partial charge is 0.497 e. The smallest absolute Gasteiger partial charge is 0.127 e. The van der Waals surface area contributed by atoms with E-state index in [0.29, 0.717) is 17.9 Å². The van der Waals surface area contributed by atoms with Crippen molar-refractivity contribution in [3.63, 3.8) is 0 Å². The zero-order chi connectivity index (χ0) is 12.8. The average molecular weight is 239 g/mol. The van der Waals surface area contributed by atoms with Crippen LogP contribution in [-0.2, 0) is 0 Å². The molecule has 1 aromatic carbocycles. The highest BCUT2D eigenvalue weighted by atomic mass is 16.5. The first-order chi connectivity index (χ1) is 8.13. The van der Waals surface area contributed by atoms with E-state index in [0.717, 1.165) is 12.0 Å². The van der Waals surface area contributed by atoms with Crippen molar-refractivity contribution in [2.45, 2.75) is 31.9 Å². The van der Waals surface area contributed by atoms with Gasteiger partial charge < -0.3 is 20.3 Å². The highest BCUT2D eigenvalue weighted by molar-refractivity contribution is 5.42. The topological polar surface area (TPSA) is 64.7 Å². The lowest BCUT2D eigenvalue weighted by Gasteiger charge is -2.21. The van der Waals surface area contributed by atoms with Gasteiger partial charge in [0.2, 0.25) is 0 Å². The normalized spacial score (nSPS) is 14.2.